The second-order valence-electron chi connectivity index (χ2n) is 4.21. The molecule has 0 amide bonds. The zero-order valence-electron chi connectivity index (χ0n) is 10.2. The van der Waals surface area contributed by atoms with E-state index in [0.29, 0.717) is 10.9 Å². The number of Topliss-reactive ketones (excluding diaryl/α,β-unsaturated/α-hetero) is 1. The van der Waals surface area contributed by atoms with E-state index < -0.39 is 20.9 Å². The van der Waals surface area contributed by atoms with Crippen molar-refractivity contribution in [1.29, 1.82) is 0 Å². The van der Waals surface area contributed by atoms with Crippen LogP contribution in [-0.2, 0) is 21.7 Å². The van der Waals surface area contributed by atoms with Crippen molar-refractivity contribution in [2.75, 3.05) is 6.26 Å². The van der Waals surface area contributed by atoms with E-state index in [1.54, 1.807) is 11.6 Å². The largest absolute Gasteiger partial charge is 0.350 e. The van der Waals surface area contributed by atoms with E-state index in [0.717, 1.165) is 6.26 Å². The number of nitrogens with zero attached hydrogens (tertiary/aromatic N) is 1. The third kappa shape index (κ3) is 2.41. The first kappa shape index (κ1) is 13.8. The van der Waals surface area contributed by atoms with Crippen molar-refractivity contribution in [3.63, 3.8) is 0 Å². The second kappa shape index (κ2) is 4.47. The van der Waals surface area contributed by atoms with Gasteiger partial charge >= 0.3 is 0 Å². The molecule has 0 spiro atoms. The number of sulfone groups is 1. The summed E-state index contributed by atoms with van der Waals surface area (Å²) in [5.74, 6) is -0.806. The van der Waals surface area contributed by atoms with Gasteiger partial charge < -0.3 is 4.57 Å². The van der Waals surface area contributed by atoms with E-state index in [2.05, 4.69) is 0 Å². The average Bonchev–Trinajstić information content (AvgIpc) is 2.64. The van der Waals surface area contributed by atoms with Crippen molar-refractivity contribution in [1.82, 2.24) is 4.57 Å². The number of fused-ring (bicyclic) bond motifs is 1. The highest BCUT2D eigenvalue weighted by Gasteiger charge is 2.20. The highest BCUT2D eigenvalue weighted by atomic mass is 35.5. The monoisotopic (exact) mass is 299 g/mol. The Morgan fingerprint density at radius 1 is 1.26 bits per heavy atom. The van der Waals surface area contributed by atoms with Crippen molar-refractivity contribution in [3.05, 3.63) is 30.0 Å². The van der Waals surface area contributed by atoms with Crippen molar-refractivity contribution in [2.45, 2.75) is 4.90 Å². The quantitative estimate of drug-likeness (QED) is 0.489. The molecule has 0 aliphatic heterocycles. The summed E-state index contributed by atoms with van der Waals surface area (Å²) < 4.78 is 24.6. The molecule has 2 aromatic rings. The highest BCUT2D eigenvalue weighted by Crippen LogP contribution is 2.24. The minimum Gasteiger partial charge on any atom is -0.350 e. The first-order valence-corrected chi connectivity index (χ1v) is 7.52. The molecular weight excluding hydrogens is 290 g/mol. The standard InChI is InChI=1S/C12H10ClNO4S/c1-14-6-9(11(15)12(13)16)8-4-3-7(5-10(8)14)19(2,17)18/h3-6H,1-2H3. The van der Waals surface area contributed by atoms with Gasteiger partial charge in [-0.25, -0.2) is 8.42 Å². The first-order chi connectivity index (χ1) is 8.71. The fourth-order valence-corrected chi connectivity index (χ4v) is 2.62. The summed E-state index contributed by atoms with van der Waals surface area (Å²) in [5.41, 5.74) is 0.710. The van der Waals surface area contributed by atoms with Gasteiger partial charge in [-0.1, -0.05) is 6.07 Å². The third-order valence-corrected chi connectivity index (χ3v) is 4.10. The minimum atomic E-state index is -3.33. The molecule has 1 aromatic heterocycles. The van der Waals surface area contributed by atoms with Crippen molar-refractivity contribution >= 4 is 43.4 Å². The maximum Gasteiger partial charge on any atom is 0.293 e. The molecule has 1 aromatic carbocycles. The van der Waals surface area contributed by atoms with Crippen molar-refractivity contribution in [2.24, 2.45) is 7.05 Å². The number of aromatic nitrogens is 1. The van der Waals surface area contributed by atoms with Crippen LogP contribution < -0.4 is 0 Å². The van der Waals surface area contributed by atoms with Crippen LogP contribution in [0.15, 0.2) is 29.3 Å². The molecule has 0 aliphatic rings. The molecule has 0 atom stereocenters. The molecule has 100 valence electrons. The molecule has 0 radical (unpaired) electrons. The van der Waals surface area contributed by atoms with Crippen molar-refractivity contribution in [3.8, 4) is 0 Å². The maximum absolute atomic E-state index is 11.6. The van der Waals surface area contributed by atoms with E-state index in [1.807, 2.05) is 0 Å². The zero-order chi connectivity index (χ0) is 14.4. The van der Waals surface area contributed by atoms with Crippen LogP contribution in [0.1, 0.15) is 10.4 Å². The first-order valence-electron chi connectivity index (χ1n) is 5.25. The summed E-state index contributed by atoms with van der Waals surface area (Å²) in [6, 6.07) is 4.35. The van der Waals surface area contributed by atoms with Gasteiger partial charge in [0.1, 0.15) is 0 Å². The molecule has 19 heavy (non-hydrogen) atoms. The highest BCUT2D eigenvalue weighted by molar-refractivity contribution is 7.90. The van der Waals surface area contributed by atoms with Crippen LogP contribution in [0.5, 0.6) is 0 Å². The lowest BCUT2D eigenvalue weighted by molar-refractivity contribution is -0.108. The van der Waals surface area contributed by atoms with Crippen LogP contribution in [0.25, 0.3) is 10.9 Å². The Balaban J connectivity index is 2.75. The number of hydrogen-bond donors (Lipinski definition) is 0. The number of carbonyl (C=O) groups is 2. The fraction of sp³-hybridized carbons (Fsp3) is 0.167. The molecule has 0 unspecified atom stereocenters. The predicted octanol–water partition coefficient (Wildman–Crippen LogP) is 1.53. The van der Waals surface area contributed by atoms with Gasteiger partial charge in [-0.2, -0.15) is 0 Å². The van der Waals surface area contributed by atoms with Gasteiger partial charge in [-0.15, -0.1) is 0 Å². The van der Waals surface area contributed by atoms with Gasteiger partial charge in [0.25, 0.3) is 5.24 Å². The van der Waals surface area contributed by atoms with Gasteiger partial charge in [-0.05, 0) is 23.7 Å². The number of rotatable bonds is 3. The smallest absolute Gasteiger partial charge is 0.293 e. The summed E-state index contributed by atoms with van der Waals surface area (Å²) in [7, 11) is -1.67. The van der Waals surface area contributed by atoms with Crippen LogP contribution >= 0.6 is 11.6 Å². The molecule has 7 heteroatoms. The van der Waals surface area contributed by atoms with Gasteiger partial charge in [0.05, 0.1) is 10.5 Å². The van der Waals surface area contributed by atoms with Gasteiger partial charge in [0.15, 0.2) is 9.84 Å². The maximum atomic E-state index is 11.6. The average molecular weight is 300 g/mol. The molecule has 0 saturated carbocycles. The number of carbonyl (C=O) groups excluding carboxylic acids is 2. The Hall–Kier alpha value is -1.66. The molecule has 0 N–H and O–H groups in total. The van der Waals surface area contributed by atoms with Crippen LogP contribution in [0.3, 0.4) is 0 Å². The number of ketones is 1. The van der Waals surface area contributed by atoms with E-state index in [1.165, 1.54) is 24.4 Å². The van der Waals surface area contributed by atoms with Crippen molar-refractivity contribution < 1.29 is 18.0 Å². The summed E-state index contributed by atoms with van der Waals surface area (Å²) >= 11 is 5.18. The second-order valence-corrected chi connectivity index (χ2v) is 6.57. The summed E-state index contributed by atoms with van der Waals surface area (Å²) in [4.78, 5) is 22.7. The Bertz CT molecular complexity index is 804. The van der Waals surface area contributed by atoms with Crippen LogP contribution in [0.4, 0.5) is 0 Å². The van der Waals surface area contributed by atoms with Gasteiger partial charge in [0, 0.05) is 30.4 Å². The number of halogens is 1. The third-order valence-electron chi connectivity index (χ3n) is 2.81. The zero-order valence-corrected chi connectivity index (χ0v) is 11.7. The minimum absolute atomic E-state index is 0.150. The topological polar surface area (TPSA) is 73.2 Å². The molecule has 1 heterocycles. The summed E-state index contributed by atoms with van der Waals surface area (Å²) in [6.07, 6.45) is 2.56. The lowest BCUT2D eigenvalue weighted by atomic mass is 10.1. The molecule has 2 rings (SSSR count). The SMILES string of the molecule is Cn1cc(C(=O)C(=O)Cl)c2ccc(S(C)(=O)=O)cc21. The van der Waals surface area contributed by atoms with E-state index in [4.69, 9.17) is 11.6 Å². The van der Waals surface area contributed by atoms with Crippen LogP contribution in [0.2, 0.25) is 0 Å². The van der Waals surface area contributed by atoms with Gasteiger partial charge in [0.2, 0.25) is 5.78 Å². The molecule has 0 fully saturated rings. The molecule has 0 aliphatic carbocycles. The molecular formula is C12H10ClNO4S. The summed E-state index contributed by atoms with van der Waals surface area (Å²) in [5, 5.41) is -0.575. The molecule has 0 bridgehead atoms. The van der Waals surface area contributed by atoms with Gasteiger partial charge in [-0.3, -0.25) is 9.59 Å². The number of aryl methyl sites for hydroxylation is 1. The van der Waals surface area contributed by atoms with E-state index in [9.17, 15) is 18.0 Å². The van der Waals surface area contributed by atoms with E-state index >= 15 is 0 Å². The number of benzene rings is 1. The fourth-order valence-electron chi connectivity index (χ4n) is 1.88. The lowest BCUT2D eigenvalue weighted by Crippen LogP contribution is -2.06. The Morgan fingerprint density at radius 2 is 1.89 bits per heavy atom. The predicted molar refractivity (Wildman–Crippen MR) is 71.2 cm³/mol. The number of hydrogen-bond acceptors (Lipinski definition) is 4. The van der Waals surface area contributed by atoms with Crippen LogP contribution in [-0.4, -0.2) is 30.3 Å². The van der Waals surface area contributed by atoms with E-state index in [-0.39, 0.29) is 10.5 Å². The molecule has 0 saturated heterocycles. The lowest BCUT2D eigenvalue weighted by Gasteiger charge is -2.00. The molecule has 5 nitrogen and oxygen atoms in total. The van der Waals surface area contributed by atoms with Crippen LogP contribution in [0, 0.1) is 0 Å². The summed E-state index contributed by atoms with van der Waals surface area (Å²) in [6.45, 7) is 0. The Morgan fingerprint density at radius 3 is 2.42 bits per heavy atom. The Kier molecular flexibility index (Phi) is 3.24. The normalized spacial score (nSPS) is 11.7. The Labute approximate surface area is 114 Å².